The molecule has 0 rings (SSSR count). The summed E-state index contributed by atoms with van der Waals surface area (Å²) in [4.78, 5) is 0. The van der Waals surface area contributed by atoms with Crippen LogP contribution in [0.3, 0.4) is 0 Å². The SMILES string of the molecule is CCCCCCCCCCCCCCCCCCC[N+](CCCCCCCCCCCCCCCCCC)(CCCCCCCCCCCCCCCCCC)CCCCCCCCCCCCCCCCCC. The van der Waals surface area contributed by atoms with Gasteiger partial charge in [-0.2, -0.15) is 0 Å². The van der Waals surface area contributed by atoms with Crippen LogP contribution in [-0.2, 0) is 0 Å². The largest absolute Gasteiger partial charge is 0.324 e. The van der Waals surface area contributed by atoms with E-state index in [1.54, 1.807) is 0 Å². The van der Waals surface area contributed by atoms with E-state index >= 15 is 0 Å². The highest BCUT2D eigenvalue weighted by molar-refractivity contribution is 4.58. The monoisotopic (exact) mass is 1040 g/mol. The van der Waals surface area contributed by atoms with Gasteiger partial charge in [0.15, 0.2) is 0 Å². The molecule has 0 amide bonds. The summed E-state index contributed by atoms with van der Waals surface area (Å²) in [6.45, 7) is 15.3. The summed E-state index contributed by atoms with van der Waals surface area (Å²) in [7, 11) is 0. The predicted molar refractivity (Wildman–Crippen MR) is 343 cm³/mol. The highest BCUT2D eigenvalue weighted by Crippen LogP contribution is 2.23. The van der Waals surface area contributed by atoms with Crippen molar-refractivity contribution >= 4 is 0 Å². The van der Waals surface area contributed by atoms with Gasteiger partial charge in [-0.05, 0) is 51.4 Å². The van der Waals surface area contributed by atoms with Crippen molar-refractivity contribution in [2.45, 2.75) is 445 Å². The van der Waals surface area contributed by atoms with E-state index in [2.05, 4.69) is 27.7 Å². The smallest absolute Gasteiger partial charge is 0.0786 e. The normalized spacial score (nSPS) is 12.0. The minimum absolute atomic E-state index is 1.37. The average molecular weight is 1040 g/mol. The Balaban J connectivity index is 4.96. The molecule has 0 aromatic rings. The molecule has 0 bridgehead atoms. The van der Waals surface area contributed by atoms with Crippen molar-refractivity contribution in [3.63, 3.8) is 0 Å². The molecule has 0 unspecified atom stereocenters. The van der Waals surface area contributed by atoms with Crippen molar-refractivity contribution in [2.24, 2.45) is 0 Å². The van der Waals surface area contributed by atoms with Crippen LogP contribution in [0.5, 0.6) is 0 Å². The van der Waals surface area contributed by atoms with Gasteiger partial charge in [0, 0.05) is 0 Å². The van der Waals surface area contributed by atoms with Gasteiger partial charge < -0.3 is 4.48 Å². The lowest BCUT2D eigenvalue weighted by Crippen LogP contribution is -2.50. The van der Waals surface area contributed by atoms with E-state index in [1.165, 1.54) is 448 Å². The molecule has 0 aromatic carbocycles. The molecule has 0 saturated heterocycles. The Labute approximate surface area is 473 Å². The molecule has 0 atom stereocenters. The fourth-order valence-electron chi connectivity index (χ4n) is 12.8. The van der Waals surface area contributed by atoms with Crippen LogP contribution in [-0.4, -0.2) is 30.7 Å². The first-order chi connectivity index (χ1) is 36.7. The molecule has 1 nitrogen and oxygen atoms in total. The second kappa shape index (κ2) is 67.2. The zero-order valence-corrected chi connectivity index (χ0v) is 53.2. The number of hydrogen-bond acceptors (Lipinski definition) is 0. The highest BCUT2D eigenvalue weighted by Gasteiger charge is 2.26. The van der Waals surface area contributed by atoms with Crippen molar-refractivity contribution in [1.82, 2.24) is 0 Å². The van der Waals surface area contributed by atoms with Gasteiger partial charge in [0.25, 0.3) is 0 Å². The third kappa shape index (κ3) is 61.2. The summed E-state index contributed by atoms with van der Waals surface area (Å²) < 4.78 is 1.49. The second-order valence-electron chi connectivity index (χ2n) is 25.8. The van der Waals surface area contributed by atoms with Crippen molar-refractivity contribution in [1.29, 1.82) is 0 Å². The van der Waals surface area contributed by atoms with Gasteiger partial charge in [-0.25, -0.2) is 0 Å². The van der Waals surface area contributed by atoms with Gasteiger partial charge in [0.2, 0.25) is 0 Å². The summed E-state index contributed by atoms with van der Waals surface area (Å²) in [5, 5.41) is 0. The third-order valence-electron chi connectivity index (χ3n) is 18.2. The lowest BCUT2D eigenvalue weighted by molar-refractivity contribution is -0.929. The Morgan fingerprint density at radius 2 is 0.189 bits per heavy atom. The number of nitrogens with zero attached hydrogens (tertiary/aromatic N) is 1. The first-order valence-corrected chi connectivity index (χ1v) is 36.6. The molecule has 0 saturated carbocycles. The minimum atomic E-state index is 1.37. The summed E-state index contributed by atoms with van der Waals surface area (Å²) in [6, 6.07) is 0. The molecule has 0 aliphatic heterocycles. The zero-order chi connectivity index (χ0) is 53.3. The van der Waals surface area contributed by atoms with Gasteiger partial charge in [-0.3, -0.25) is 0 Å². The van der Waals surface area contributed by atoms with Crippen LogP contribution in [0.25, 0.3) is 0 Å². The Kier molecular flexibility index (Phi) is 67.2. The number of unbranched alkanes of at least 4 members (excludes halogenated alkanes) is 61. The van der Waals surface area contributed by atoms with Crippen molar-refractivity contribution in [2.75, 3.05) is 26.2 Å². The quantitative estimate of drug-likeness (QED) is 0.0421. The molecule has 0 N–H and O–H groups in total. The molecule has 0 radical (unpaired) electrons. The van der Waals surface area contributed by atoms with Crippen LogP contribution >= 0.6 is 0 Å². The molecule has 0 heterocycles. The molecule has 74 heavy (non-hydrogen) atoms. The summed E-state index contributed by atoms with van der Waals surface area (Å²) in [5.74, 6) is 0. The molecule has 1 heteroatoms. The minimum Gasteiger partial charge on any atom is -0.324 e. The van der Waals surface area contributed by atoms with E-state index in [4.69, 9.17) is 0 Å². The Morgan fingerprint density at radius 1 is 0.108 bits per heavy atom. The maximum absolute atomic E-state index is 2.33. The predicted octanol–water partition coefficient (Wildman–Crippen LogP) is 27.2. The summed E-state index contributed by atoms with van der Waals surface area (Å²) >= 11 is 0. The lowest BCUT2D eigenvalue weighted by atomic mass is 10.0. The van der Waals surface area contributed by atoms with E-state index < -0.39 is 0 Å². The standard InChI is InChI=1S/C73H150N/c1-5-9-13-17-21-25-29-33-37-41-45-49-53-57-61-65-69-73-74(70-66-62-58-54-50-46-42-38-34-30-26-22-18-14-10-6-2,71-67-63-59-55-51-47-43-39-35-31-27-23-19-15-11-7-3)72-68-64-60-56-52-48-44-40-36-32-28-24-20-16-12-8-4/h5-73H2,1-4H3/q+1. The van der Waals surface area contributed by atoms with E-state index in [0.717, 1.165) is 0 Å². The van der Waals surface area contributed by atoms with E-state index in [9.17, 15) is 0 Å². The summed E-state index contributed by atoms with van der Waals surface area (Å²) in [6.07, 6.45) is 96.2. The highest BCUT2D eigenvalue weighted by atomic mass is 15.3. The van der Waals surface area contributed by atoms with Gasteiger partial charge in [0.1, 0.15) is 0 Å². The topological polar surface area (TPSA) is 0 Å². The molecular weight excluding hydrogens is 891 g/mol. The second-order valence-corrected chi connectivity index (χ2v) is 25.8. The number of rotatable bonds is 69. The van der Waals surface area contributed by atoms with Crippen LogP contribution in [0.1, 0.15) is 445 Å². The van der Waals surface area contributed by atoms with Crippen molar-refractivity contribution in [3.05, 3.63) is 0 Å². The fraction of sp³-hybridized carbons (Fsp3) is 1.00. The van der Waals surface area contributed by atoms with Gasteiger partial charge in [-0.15, -0.1) is 0 Å². The van der Waals surface area contributed by atoms with Crippen LogP contribution in [0.2, 0.25) is 0 Å². The molecule has 0 aliphatic carbocycles. The molecule has 0 aromatic heterocycles. The summed E-state index contributed by atoms with van der Waals surface area (Å²) in [5.41, 5.74) is 0. The van der Waals surface area contributed by atoms with Crippen LogP contribution in [0.4, 0.5) is 0 Å². The van der Waals surface area contributed by atoms with Gasteiger partial charge in [-0.1, -0.05) is 394 Å². The van der Waals surface area contributed by atoms with Crippen molar-refractivity contribution in [3.8, 4) is 0 Å². The van der Waals surface area contributed by atoms with Gasteiger partial charge >= 0.3 is 0 Å². The fourth-order valence-corrected chi connectivity index (χ4v) is 12.8. The average Bonchev–Trinajstić information content (AvgIpc) is 3.41. The van der Waals surface area contributed by atoms with Crippen LogP contribution in [0, 0.1) is 0 Å². The molecule has 446 valence electrons. The molecular formula is C73H150N+. The molecule has 0 aliphatic rings. The number of hydrogen-bond donors (Lipinski definition) is 0. The first-order valence-electron chi connectivity index (χ1n) is 36.6. The Morgan fingerprint density at radius 3 is 0.284 bits per heavy atom. The lowest BCUT2D eigenvalue weighted by Gasteiger charge is -2.40. The Bertz CT molecular complexity index is 852. The van der Waals surface area contributed by atoms with E-state index in [-0.39, 0.29) is 0 Å². The van der Waals surface area contributed by atoms with E-state index in [1.807, 2.05) is 0 Å². The molecule has 0 spiro atoms. The molecule has 0 fully saturated rings. The Hall–Kier alpha value is -0.0400. The van der Waals surface area contributed by atoms with Crippen LogP contribution in [0.15, 0.2) is 0 Å². The van der Waals surface area contributed by atoms with E-state index in [0.29, 0.717) is 0 Å². The zero-order valence-electron chi connectivity index (χ0n) is 53.2. The van der Waals surface area contributed by atoms with Gasteiger partial charge in [0.05, 0.1) is 26.2 Å². The maximum atomic E-state index is 2.33. The third-order valence-corrected chi connectivity index (χ3v) is 18.2. The van der Waals surface area contributed by atoms with Crippen LogP contribution < -0.4 is 0 Å². The maximum Gasteiger partial charge on any atom is 0.0786 e. The first kappa shape index (κ1) is 74.0. The number of quaternary nitrogens is 1. The van der Waals surface area contributed by atoms with Crippen molar-refractivity contribution < 1.29 is 4.48 Å².